The minimum atomic E-state index is -4.53. The normalized spacial score (nSPS) is 19.3. The fraction of sp³-hybridized carbons (Fsp3) is 0.421. The number of nitrogens with two attached hydrogens (primary N) is 1. The molecular weight excluding hydrogens is 389 g/mol. The van der Waals surface area contributed by atoms with Gasteiger partial charge in [0.2, 0.25) is 17.9 Å². The monoisotopic (exact) mass is 411 g/mol. The highest BCUT2D eigenvalue weighted by atomic mass is 19.4. The summed E-state index contributed by atoms with van der Waals surface area (Å²) in [6, 6.07) is 3.17. The number of carbonyl (C=O) groups is 1. The van der Waals surface area contributed by atoms with Gasteiger partial charge >= 0.3 is 12.2 Å². The lowest BCUT2D eigenvalue weighted by atomic mass is 9.99. The van der Waals surface area contributed by atoms with E-state index in [0.717, 1.165) is 17.2 Å². The van der Waals surface area contributed by atoms with Crippen LogP contribution >= 0.6 is 0 Å². The van der Waals surface area contributed by atoms with Crippen molar-refractivity contribution in [2.75, 3.05) is 20.8 Å². The molecule has 1 aliphatic heterocycles. The summed E-state index contributed by atoms with van der Waals surface area (Å²) >= 11 is 0. The van der Waals surface area contributed by atoms with Gasteiger partial charge in [0, 0.05) is 38.5 Å². The summed E-state index contributed by atoms with van der Waals surface area (Å²) in [5.41, 5.74) is 6.92. The summed E-state index contributed by atoms with van der Waals surface area (Å²) in [7, 11) is 2.92. The van der Waals surface area contributed by atoms with Crippen molar-refractivity contribution >= 4 is 17.7 Å². The SMILES string of the molecule is COC(OC)c1nc2c(cc1C)CCC[N+]2(C(N)=O)c1ccc(C(F)(F)F)cn1. The molecule has 0 saturated carbocycles. The number of aromatic nitrogens is 2. The summed E-state index contributed by atoms with van der Waals surface area (Å²) in [6.07, 6.45) is -3.35. The molecule has 0 fully saturated rings. The zero-order valence-corrected chi connectivity index (χ0v) is 16.3. The zero-order chi connectivity index (χ0) is 21.4. The lowest BCUT2D eigenvalue weighted by molar-refractivity contribution is -0.137. The first-order valence-corrected chi connectivity index (χ1v) is 8.93. The fourth-order valence-electron chi connectivity index (χ4n) is 3.69. The van der Waals surface area contributed by atoms with Crippen LogP contribution in [0, 0.1) is 6.92 Å². The predicted molar refractivity (Wildman–Crippen MR) is 99.2 cm³/mol. The molecule has 10 heteroatoms. The molecule has 0 bridgehead atoms. The van der Waals surface area contributed by atoms with Crippen molar-refractivity contribution in [3.8, 4) is 0 Å². The highest BCUT2D eigenvalue weighted by Crippen LogP contribution is 2.41. The molecule has 29 heavy (non-hydrogen) atoms. The van der Waals surface area contributed by atoms with E-state index in [1.807, 2.05) is 13.0 Å². The number of ether oxygens (including phenoxy) is 2. The quantitative estimate of drug-likeness (QED) is 0.612. The number of primary amides is 1. The highest BCUT2D eigenvalue weighted by Gasteiger charge is 2.48. The van der Waals surface area contributed by atoms with Crippen molar-refractivity contribution in [2.24, 2.45) is 5.73 Å². The van der Waals surface area contributed by atoms with Gasteiger partial charge in [0.15, 0.2) is 0 Å². The van der Waals surface area contributed by atoms with Crippen LogP contribution in [0.3, 0.4) is 0 Å². The molecule has 3 heterocycles. The van der Waals surface area contributed by atoms with Gasteiger partial charge in [0.25, 0.3) is 0 Å². The van der Waals surface area contributed by atoms with Gasteiger partial charge in [0.1, 0.15) is 12.2 Å². The second-order valence-electron chi connectivity index (χ2n) is 6.85. The van der Waals surface area contributed by atoms with Gasteiger partial charge in [-0.25, -0.2) is 9.78 Å². The Morgan fingerprint density at radius 2 is 1.97 bits per heavy atom. The number of rotatable bonds is 4. The van der Waals surface area contributed by atoms with Crippen LogP contribution in [0.4, 0.5) is 29.6 Å². The number of halogens is 3. The third-order valence-corrected chi connectivity index (χ3v) is 5.10. The minimum absolute atomic E-state index is 0.0835. The number of alkyl halides is 3. The van der Waals surface area contributed by atoms with Crippen LogP contribution < -0.4 is 10.2 Å². The molecule has 1 unspecified atom stereocenters. The third-order valence-electron chi connectivity index (χ3n) is 5.10. The summed E-state index contributed by atoms with van der Waals surface area (Å²) in [6.45, 7) is 2.08. The molecule has 2 N–H and O–H groups in total. The largest absolute Gasteiger partial charge is 0.426 e. The standard InChI is InChI=1S/C19H21F3N4O3/c1-11-9-12-5-4-8-26(18(23)27,16(12)25-15(11)17(28-2)29-3)14-7-6-13(10-24-14)19(20,21)22/h6-7,9-10,17H,4-5,8H2,1-3H3,(H-,23,27)/p+1. The van der Waals surface area contributed by atoms with Gasteiger partial charge in [-0.15, -0.1) is 4.48 Å². The Labute approximate surface area is 165 Å². The Bertz CT molecular complexity index is 914. The molecule has 2 aromatic rings. The van der Waals surface area contributed by atoms with Gasteiger partial charge in [-0.3, -0.25) is 0 Å². The number of aryl methyl sites for hydroxylation is 2. The number of fused-ring (bicyclic) bond motifs is 1. The molecule has 0 spiro atoms. The predicted octanol–water partition coefficient (Wildman–Crippen LogP) is 3.76. The average molecular weight is 411 g/mol. The van der Waals surface area contributed by atoms with E-state index in [0.29, 0.717) is 30.6 Å². The van der Waals surface area contributed by atoms with Crippen molar-refractivity contribution in [1.29, 1.82) is 0 Å². The van der Waals surface area contributed by atoms with Crippen molar-refractivity contribution in [3.05, 3.63) is 46.8 Å². The van der Waals surface area contributed by atoms with E-state index in [9.17, 15) is 18.0 Å². The number of urea groups is 1. The molecule has 2 aromatic heterocycles. The molecule has 0 aromatic carbocycles. The number of pyridine rings is 2. The van der Waals surface area contributed by atoms with Crippen molar-refractivity contribution in [1.82, 2.24) is 14.5 Å². The summed E-state index contributed by atoms with van der Waals surface area (Å²) in [5.74, 6) is 0.413. The zero-order valence-electron chi connectivity index (χ0n) is 16.3. The van der Waals surface area contributed by atoms with Crippen molar-refractivity contribution < 1.29 is 27.4 Å². The molecule has 0 saturated heterocycles. The molecule has 0 radical (unpaired) electrons. The lowest BCUT2D eigenvalue weighted by Gasteiger charge is -2.36. The number of nitrogens with zero attached hydrogens (tertiary/aromatic N) is 3. The Kier molecular flexibility index (Phi) is 5.61. The average Bonchev–Trinajstić information content (AvgIpc) is 2.68. The van der Waals surface area contributed by atoms with Crippen LogP contribution in [-0.4, -0.2) is 36.8 Å². The Hall–Kier alpha value is -2.56. The number of hydrogen-bond acceptors (Lipinski definition) is 5. The summed E-state index contributed by atoms with van der Waals surface area (Å²) < 4.78 is 48.9. The van der Waals surface area contributed by atoms with E-state index in [4.69, 9.17) is 15.2 Å². The van der Waals surface area contributed by atoms with Gasteiger partial charge in [-0.05, 0) is 31.0 Å². The van der Waals surface area contributed by atoms with Gasteiger partial charge in [-0.2, -0.15) is 18.2 Å². The summed E-state index contributed by atoms with van der Waals surface area (Å²) in [4.78, 5) is 21.2. The van der Waals surface area contributed by atoms with Crippen LogP contribution in [0.15, 0.2) is 24.4 Å². The van der Waals surface area contributed by atoms with Crippen LogP contribution in [0.5, 0.6) is 0 Å². The van der Waals surface area contributed by atoms with Crippen LogP contribution in [-0.2, 0) is 22.1 Å². The van der Waals surface area contributed by atoms with Crippen LogP contribution in [0.1, 0.15) is 35.1 Å². The van der Waals surface area contributed by atoms with E-state index in [-0.39, 0.29) is 12.4 Å². The van der Waals surface area contributed by atoms with Crippen LogP contribution in [0.2, 0.25) is 0 Å². The second kappa shape index (κ2) is 7.69. The molecule has 7 nitrogen and oxygen atoms in total. The minimum Gasteiger partial charge on any atom is -0.350 e. The van der Waals surface area contributed by atoms with E-state index < -0.39 is 28.5 Å². The molecule has 0 aliphatic carbocycles. The Morgan fingerprint density at radius 1 is 1.28 bits per heavy atom. The topological polar surface area (TPSA) is 87.3 Å². The maximum absolute atomic E-state index is 12.9. The van der Waals surface area contributed by atoms with E-state index in [1.165, 1.54) is 20.3 Å². The third kappa shape index (κ3) is 3.59. The first-order valence-electron chi connectivity index (χ1n) is 8.93. The number of quaternary nitrogens is 1. The summed E-state index contributed by atoms with van der Waals surface area (Å²) in [5, 5.41) is 0. The van der Waals surface area contributed by atoms with Crippen molar-refractivity contribution in [3.63, 3.8) is 0 Å². The van der Waals surface area contributed by atoms with Crippen molar-refractivity contribution in [2.45, 2.75) is 32.2 Å². The molecule has 2 amide bonds. The number of amides is 2. The van der Waals surface area contributed by atoms with E-state index in [2.05, 4.69) is 9.97 Å². The smallest absolute Gasteiger partial charge is 0.350 e. The maximum atomic E-state index is 12.9. The lowest BCUT2D eigenvalue weighted by Crippen LogP contribution is -2.56. The fourth-order valence-corrected chi connectivity index (χ4v) is 3.69. The van der Waals surface area contributed by atoms with E-state index >= 15 is 0 Å². The molecule has 1 aliphatic rings. The molecular formula is C19H22F3N4O3+. The molecule has 1 atom stereocenters. The molecule has 3 rings (SSSR count). The first kappa shape index (κ1) is 21.2. The van der Waals surface area contributed by atoms with Crippen LogP contribution in [0.25, 0.3) is 0 Å². The number of methoxy groups -OCH3 is 2. The Morgan fingerprint density at radius 3 is 2.48 bits per heavy atom. The molecule has 156 valence electrons. The first-order chi connectivity index (χ1) is 13.6. The van der Waals surface area contributed by atoms with E-state index in [1.54, 1.807) is 0 Å². The number of hydrogen-bond donors (Lipinski definition) is 1. The van der Waals surface area contributed by atoms with Gasteiger partial charge in [-0.1, -0.05) is 0 Å². The van der Waals surface area contributed by atoms with Gasteiger partial charge < -0.3 is 15.2 Å². The highest BCUT2D eigenvalue weighted by molar-refractivity contribution is 5.92. The number of carbonyl (C=O) groups excluding carboxylic acids is 1. The Balaban J connectivity index is 2.22. The second-order valence-corrected chi connectivity index (χ2v) is 6.85. The van der Waals surface area contributed by atoms with Gasteiger partial charge in [0.05, 0.1) is 5.56 Å². The maximum Gasteiger partial charge on any atom is 0.426 e.